The number of nitrogens with one attached hydrogen (secondary N) is 1. The van der Waals surface area contributed by atoms with Crippen molar-refractivity contribution < 1.29 is 14.3 Å². The highest BCUT2D eigenvalue weighted by Gasteiger charge is 2.11. The Labute approximate surface area is 242 Å². The summed E-state index contributed by atoms with van der Waals surface area (Å²) in [6, 6.07) is 18.3. The molecule has 0 atom stereocenters. The topological polar surface area (TPSA) is 65.4 Å². The van der Waals surface area contributed by atoms with Crippen molar-refractivity contribution in [2.24, 2.45) is 0 Å². The minimum absolute atomic E-state index is 0.0370. The quantitative estimate of drug-likeness (QED) is 0.164. The monoisotopic (exact) mass is 561 g/mol. The van der Waals surface area contributed by atoms with E-state index in [4.69, 9.17) is 26.1 Å². The summed E-state index contributed by atoms with van der Waals surface area (Å²) in [5.41, 5.74) is 6.40. The Balaban J connectivity index is 1.20. The molecule has 0 aliphatic carbocycles. The fourth-order valence-electron chi connectivity index (χ4n) is 4.84. The largest absolute Gasteiger partial charge is 0.494 e. The van der Waals surface area contributed by atoms with Crippen LogP contribution in [0, 0.1) is 27.7 Å². The van der Waals surface area contributed by atoms with Crippen LogP contribution in [0.3, 0.4) is 0 Å². The second-order valence-electron chi connectivity index (χ2n) is 10.5. The van der Waals surface area contributed by atoms with Crippen LogP contribution in [0.15, 0.2) is 54.6 Å². The molecule has 0 aliphatic heterocycles. The van der Waals surface area contributed by atoms with Gasteiger partial charge in [-0.05, 0) is 99.5 Å². The molecule has 0 bridgehead atoms. The molecule has 0 radical (unpaired) electrons. The predicted molar refractivity (Wildman–Crippen MR) is 163 cm³/mol. The van der Waals surface area contributed by atoms with Crippen LogP contribution in [0.4, 0.5) is 0 Å². The molecule has 0 fully saturated rings. The number of amides is 1. The molecule has 3 aromatic carbocycles. The number of nitrogens with zero attached hydrogens (tertiary/aromatic N) is 2. The Kier molecular flexibility index (Phi) is 10.5. The molecular weight excluding hydrogens is 522 g/mol. The van der Waals surface area contributed by atoms with Gasteiger partial charge in [0, 0.05) is 24.5 Å². The van der Waals surface area contributed by atoms with Gasteiger partial charge in [-0.25, -0.2) is 4.98 Å². The molecule has 40 heavy (non-hydrogen) atoms. The van der Waals surface area contributed by atoms with E-state index in [0.717, 1.165) is 94.3 Å². The number of carbonyl (C=O) groups excluding carboxylic acids is 1. The first-order valence-electron chi connectivity index (χ1n) is 14.1. The van der Waals surface area contributed by atoms with Crippen molar-refractivity contribution in [3.63, 3.8) is 0 Å². The number of fused-ring (bicyclic) bond motifs is 1. The van der Waals surface area contributed by atoms with E-state index < -0.39 is 0 Å². The fraction of sp³-hybridized carbons (Fsp3) is 0.394. The molecule has 212 valence electrons. The molecule has 6 nitrogen and oxygen atoms in total. The van der Waals surface area contributed by atoms with Crippen LogP contribution in [0.2, 0.25) is 5.02 Å². The summed E-state index contributed by atoms with van der Waals surface area (Å²) in [6.07, 6.45) is 4.72. The minimum Gasteiger partial charge on any atom is -0.494 e. The number of unbranched alkanes of at least 4 members (excludes halogenated alkanes) is 2. The third kappa shape index (κ3) is 8.01. The Hall–Kier alpha value is -3.51. The zero-order chi connectivity index (χ0) is 28.5. The van der Waals surface area contributed by atoms with Crippen LogP contribution in [0.5, 0.6) is 11.5 Å². The second kappa shape index (κ2) is 14.2. The van der Waals surface area contributed by atoms with Crippen molar-refractivity contribution in [3.8, 4) is 11.5 Å². The molecule has 1 N–H and O–H groups in total. The molecule has 0 aliphatic rings. The van der Waals surface area contributed by atoms with Crippen LogP contribution >= 0.6 is 11.6 Å². The lowest BCUT2D eigenvalue weighted by Gasteiger charge is -2.12. The second-order valence-corrected chi connectivity index (χ2v) is 10.8. The number of rotatable bonds is 14. The van der Waals surface area contributed by atoms with Crippen LogP contribution in [-0.2, 0) is 17.8 Å². The summed E-state index contributed by atoms with van der Waals surface area (Å²) in [5, 5.41) is 3.77. The zero-order valence-corrected chi connectivity index (χ0v) is 24.8. The number of benzene rings is 3. The maximum absolute atomic E-state index is 12.2. The van der Waals surface area contributed by atoms with E-state index in [-0.39, 0.29) is 12.5 Å². The average molecular weight is 562 g/mol. The summed E-state index contributed by atoms with van der Waals surface area (Å²) < 4.78 is 14.1. The number of aromatic nitrogens is 2. The number of carbonyl (C=O) groups is 1. The minimum atomic E-state index is -0.0890. The summed E-state index contributed by atoms with van der Waals surface area (Å²) in [6.45, 7) is 10.2. The van der Waals surface area contributed by atoms with E-state index >= 15 is 0 Å². The number of hydrogen-bond acceptors (Lipinski definition) is 4. The Bertz CT molecular complexity index is 1420. The van der Waals surface area contributed by atoms with Gasteiger partial charge in [0.25, 0.3) is 5.91 Å². The number of para-hydroxylation sites is 2. The van der Waals surface area contributed by atoms with Gasteiger partial charge in [-0.1, -0.05) is 42.3 Å². The van der Waals surface area contributed by atoms with E-state index in [1.54, 1.807) is 0 Å². The van der Waals surface area contributed by atoms with E-state index in [0.29, 0.717) is 13.2 Å². The van der Waals surface area contributed by atoms with Crippen molar-refractivity contribution >= 4 is 28.5 Å². The van der Waals surface area contributed by atoms with Crippen LogP contribution < -0.4 is 14.8 Å². The molecule has 1 aromatic heterocycles. The van der Waals surface area contributed by atoms with Crippen molar-refractivity contribution in [1.82, 2.24) is 14.9 Å². The highest BCUT2D eigenvalue weighted by molar-refractivity contribution is 6.32. The summed E-state index contributed by atoms with van der Waals surface area (Å²) in [4.78, 5) is 17.1. The fourth-order valence-corrected chi connectivity index (χ4v) is 4.95. The molecule has 7 heteroatoms. The van der Waals surface area contributed by atoms with Gasteiger partial charge in [0.1, 0.15) is 17.3 Å². The maximum atomic E-state index is 12.2. The standard InChI is InChI=1S/C33H40ClN3O3/c1-23-14-15-24(2)30(19-23)40-22-32(38)35-16-9-5-6-13-31-36-28-11-7-8-12-29(28)37(31)17-10-18-39-27-20-25(3)33(34)26(4)21-27/h7-8,11-12,14-15,19-21H,5-6,9-10,13,16-18,22H2,1-4H3,(H,35,38). The van der Waals surface area contributed by atoms with Gasteiger partial charge in [-0.15, -0.1) is 0 Å². The van der Waals surface area contributed by atoms with Crippen molar-refractivity contribution in [2.45, 2.75) is 66.3 Å². The number of ether oxygens (including phenoxy) is 2. The number of aryl methyl sites for hydroxylation is 6. The third-order valence-electron chi connectivity index (χ3n) is 7.04. The van der Waals surface area contributed by atoms with E-state index in [2.05, 4.69) is 28.1 Å². The Morgan fingerprint density at radius 2 is 1.68 bits per heavy atom. The third-order valence-corrected chi connectivity index (χ3v) is 7.64. The van der Waals surface area contributed by atoms with Crippen molar-refractivity contribution in [2.75, 3.05) is 19.8 Å². The maximum Gasteiger partial charge on any atom is 0.257 e. The Morgan fingerprint density at radius 1 is 0.900 bits per heavy atom. The highest BCUT2D eigenvalue weighted by atomic mass is 35.5. The smallest absolute Gasteiger partial charge is 0.257 e. The van der Waals surface area contributed by atoms with Crippen LogP contribution in [0.1, 0.15) is 53.8 Å². The lowest BCUT2D eigenvalue weighted by molar-refractivity contribution is -0.123. The average Bonchev–Trinajstić information content (AvgIpc) is 3.29. The SMILES string of the molecule is Cc1ccc(C)c(OCC(=O)NCCCCCc2nc3ccccc3n2CCCOc2cc(C)c(Cl)c(C)c2)c1. The molecule has 4 aromatic rings. The summed E-state index contributed by atoms with van der Waals surface area (Å²) >= 11 is 6.29. The Morgan fingerprint density at radius 3 is 2.48 bits per heavy atom. The zero-order valence-electron chi connectivity index (χ0n) is 24.1. The van der Waals surface area contributed by atoms with Gasteiger partial charge in [-0.3, -0.25) is 4.79 Å². The van der Waals surface area contributed by atoms with Gasteiger partial charge in [-0.2, -0.15) is 0 Å². The molecule has 1 amide bonds. The molecular formula is C33H40ClN3O3. The van der Waals surface area contributed by atoms with Gasteiger partial charge in [0.15, 0.2) is 6.61 Å². The summed E-state index contributed by atoms with van der Waals surface area (Å²) in [7, 11) is 0. The number of hydrogen-bond donors (Lipinski definition) is 1. The number of halogens is 1. The molecule has 0 spiro atoms. The van der Waals surface area contributed by atoms with Crippen molar-refractivity contribution in [3.05, 3.63) is 87.7 Å². The molecule has 1 heterocycles. The van der Waals surface area contributed by atoms with Gasteiger partial charge in [0.2, 0.25) is 0 Å². The lowest BCUT2D eigenvalue weighted by Crippen LogP contribution is -2.29. The number of imidazole rings is 1. The van der Waals surface area contributed by atoms with Gasteiger partial charge >= 0.3 is 0 Å². The molecule has 4 rings (SSSR count). The molecule has 0 saturated heterocycles. The van der Waals surface area contributed by atoms with Crippen molar-refractivity contribution in [1.29, 1.82) is 0 Å². The lowest BCUT2D eigenvalue weighted by atomic mass is 10.1. The first-order valence-corrected chi connectivity index (χ1v) is 14.5. The molecule has 0 saturated carbocycles. The summed E-state index contributed by atoms with van der Waals surface area (Å²) in [5.74, 6) is 2.64. The van der Waals surface area contributed by atoms with E-state index in [9.17, 15) is 4.79 Å². The molecule has 0 unspecified atom stereocenters. The normalized spacial score (nSPS) is 11.1. The first-order chi connectivity index (χ1) is 19.3. The van der Waals surface area contributed by atoms with E-state index in [1.165, 1.54) is 0 Å². The van der Waals surface area contributed by atoms with Crippen LogP contribution in [-0.4, -0.2) is 35.2 Å². The first kappa shape index (κ1) is 29.5. The van der Waals surface area contributed by atoms with Gasteiger partial charge < -0.3 is 19.4 Å². The van der Waals surface area contributed by atoms with Gasteiger partial charge in [0.05, 0.1) is 17.6 Å². The highest BCUT2D eigenvalue weighted by Crippen LogP contribution is 2.26. The van der Waals surface area contributed by atoms with E-state index in [1.807, 2.05) is 64.1 Å². The predicted octanol–water partition coefficient (Wildman–Crippen LogP) is 7.30. The van der Waals surface area contributed by atoms with Crippen LogP contribution in [0.25, 0.3) is 11.0 Å².